The summed E-state index contributed by atoms with van der Waals surface area (Å²) < 4.78 is 0. The molecule has 1 heterocycles. The molecule has 2 amide bonds. The minimum atomic E-state index is -0.464. The van der Waals surface area contributed by atoms with Gasteiger partial charge in [-0.25, -0.2) is 4.98 Å². The van der Waals surface area contributed by atoms with Crippen molar-refractivity contribution in [2.24, 2.45) is 5.92 Å². The smallest absolute Gasteiger partial charge is 0.247 e. The summed E-state index contributed by atoms with van der Waals surface area (Å²) in [6, 6.07) is 10.0. The maximum absolute atomic E-state index is 12.2. The van der Waals surface area contributed by atoms with E-state index in [-0.39, 0.29) is 17.7 Å². The van der Waals surface area contributed by atoms with Gasteiger partial charge in [0, 0.05) is 23.5 Å². The minimum absolute atomic E-state index is 0.0380. The first-order valence-corrected chi connectivity index (χ1v) is 8.33. The molecule has 0 aliphatic heterocycles. The third kappa shape index (κ3) is 5.76. The van der Waals surface area contributed by atoms with Gasteiger partial charge in [-0.15, -0.1) is 0 Å². The number of halogens is 1. The van der Waals surface area contributed by atoms with E-state index in [2.05, 4.69) is 20.9 Å². The van der Waals surface area contributed by atoms with Gasteiger partial charge in [0.2, 0.25) is 11.8 Å². The van der Waals surface area contributed by atoms with Crippen LogP contribution in [0.1, 0.15) is 20.8 Å². The lowest BCUT2D eigenvalue weighted by atomic mass is 10.2. The number of hydrogen-bond donors (Lipinski definition) is 3. The fraction of sp³-hybridized carbons (Fsp3) is 0.278. The molecule has 132 valence electrons. The second-order valence-corrected chi connectivity index (χ2v) is 6.37. The van der Waals surface area contributed by atoms with E-state index in [9.17, 15) is 9.59 Å². The van der Waals surface area contributed by atoms with Crippen LogP contribution in [0.4, 0.5) is 17.2 Å². The first kappa shape index (κ1) is 18.7. The minimum Gasteiger partial charge on any atom is -0.374 e. The number of carbonyl (C=O) groups excluding carboxylic acids is 2. The molecule has 2 aromatic rings. The van der Waals surface area contributed by atoms with Gasteiger partial charge in [-0.05, 0) is 43.3 Å². The molecular weight excluding hydrogens is 340 g/mol. The summed E-state index contributed by atoms with van der Waals surface area (Å²) in [6.45, 7) is 5.42. The van der Waals surface area contributed by atoms with Crippen LogP contribution in [0.2, 0.25) is 5.02 Å². The van der Waals surface area contributed by atoms with Gasteiger partial charge in [0.25, 0.3) is 0 Å². The first-order chi connectivity index (χ1) is 11.8. The summed E-state index contributed by atoms with van der Waals surface area (Å²) in [5.41, 5.74) is 1.49. The Hall–Kier alpha value is -2.60. The number of nitrogens with one attached hydrogen (secondary N) is 3. The lowest BCUT2D eigenvalue weighted by molar-refractivity contribution is -0.119. The molecule has 1 atom stereocenters. The van der Waals surface area contributed by atoms with Crippen molar-refractivity contribution in [1.29, 1.82) is 0 Å². The fourth-order valence-corrected chi connectivity index (χ4v) is 2.05. The summed E-state index contributed by atoms with van der Waals surface area (Å²) in [4.78, 5) is 27.9. The summed E-state index contributed by atoms with van der Waals surface area (Å²) in [5.74, 6) is 0.105. The molecule has 0 saturated heterocycles. The summed E-state index contributed by atoms with van der Waals surface area (Å²) in [6.07, 6.45) is 1.47. The second-order valence-electron chi connectivity index (χ2n) is 5.94. The molecule has 1 aromatic carbocycles. The standard InChI is InChI=1S/C18H21ClN4O2/c1-11(2)17(24)22-15-7-5-14(6-8-15)21-12(3)18(25)23-16-9-4-13(19)10-20-16/h4-12,21H,1-3H3,(H,22,24)(H,20,23,25)/t12-/m0/s1. The van der Waals surface area contributed by atoms with E-state index in [1.54, 1.807) is 43.3 Å². The van der Waals surface area contributed by atoms with Crippen molar-refractivity contribution in [3.63, 3.8) is 0 Å². The highest BCUT2D eigenvalue weighted by molar-refractivity contribution is 6.30. The number of nitrogens with zero attached hydrogens (tertiary/aromatic N) is 1. The van der Waals surface area contributed by atoms with Crippen LogP contribution < -0.4 is 16.0 Å². The number of aromatic nitrogens is 1. The van der Waals surface area contributed by atoms with Gasteiger partial charge < -0.3 is 16.0 Å². The van der Waals surface area contributed by atoms with E-state index >= 15 is 0 Å². The van der Waals surface area contributed by atoms with Gasteiger partial charge in [-0.3, -0.25) is 9.59 Å². The van der Waals surface area contributed by atoms with Crippen molar-refractivity contribution >= 4 is 40.6 Å². The van der Waals surface area contributed by atoms with Crippen LogP contribution in [0.25, 0.3) is 0 Å². The van der Waals surface area contributed by atoms with Gasteiger partial charge in [-0.1, -0.05) is 25.4 Å². The summed E-state index contributed by atoms with van der Waals surface area (Å²) >= 11 is 5.77. The number of amides is 2. The van der Waals surface area contributed by atoms with Gasteiger partial charge in [0.1, 0.15) is 11.9 Å². The molecule has 3 N–H and O–H groups in total. The molecule has 0 unspecified atom stereocenters. The van der Waals surface area contributed by atoms with E-state index in [1.807, 2.05) is 13.8 Å². The lowest BCUT2D eigenvalue weighted by Gasteiger charge is -2.15. The Labute approximate surface area is 152 Å². The SMILES string of the molecule is CC(C)C(=O)Nc1ccc(N[C@@H](C)C(=O)Nc2ccc(Cl)cn2)cc1. The van der Waals surface area contributed by atoms with Gasteiger partial charge in [0.05, 0.1) is 5.02 Å². The average molecular weight is 361 g/mol. The topological polar surface area (TPSA) is 83.1 Å². The van der Waals surface area contributed by atoms with Gasteiger partial charge >= 0.3 is 0 Å². The van der Waals surface area contributed by atoms with Crippen molar-refractivity contribution < 1.29 is 9.59 Å². The number of hydrogen-bond acceptors (Lipinski definition) is 4. The highest BCUT2D eigenvalue weighted by Gasteiger charge is 2.13. The zero-order chi connectivity index (χ0) is 18.4. The Balaban J connectivity index is 1.91. The molecular formula is C18H21ClN4O2. The van der Waals surface area contributed by atoms with Crippen LogP contribution in [0.5, 0.6) is 0 Å². The predicted octanol–water partition coefficient (Wildman–Crippen LogP) is 3.77. The number of benzene rings is 1. The normalized spacial score (nSPS) is 11.7. The van der Waals surface area contributed by atoms with E-state index in [4.69, 9.17) is 11.6 Å². The third-order valence-electron chi connectivity index (χ3n) is 3.43. The Bertz CT molecular complexity index is 730. The number of pyridine rings is 1. The van der Waals surface area contributed by atoms with Crippen LogP contribution in [0.3, 0.4) is 0 Å². The van der Waals surface area contributed by atoms with E-state index in [0.717, 1.165) is 5.69 Å². The maximum atomic E-state index is 12.2. The molecule has 0 radical (unpaired) electrons. The van der Waals surface area contributed by atoms with Crippen molar-refractivity contribution in [2.45, 2.75) is 26.8 Å². The Kier molecular flexibility index (Phi) is 6.36. The molecule has 0 aliphatic carbocycles. The second kappa shape index (κ2) is 8.48. The molecule has 25 heavy (non-hydrogen) atoms. The first-order valence-electron chi connectivity index (χ1n) is 7.95. The largest absolute Gasteiger partial charge is 0.374 e. The van der Waals surface area contributed by atoms with Crippen molar-refractivity contribution in [3.8, 4) is 0 Å². The quantitative estimate of drug-likeness (QED) is 0.732. The maximum Gasteiger partial charge on any atom is 0.247 e. The monoisotopic (exact) mass is 360 g/mol. The van der Waals surface area contributed by atoms with Gasteiger partial charge in [0.15, 0.2) is 0 Å². The van der Waals surface area contributed by atoms with E-state index in [1.165, 1.54) is 6.20 Å². The molecule has 0 bridgehead atoms. The van der Waals surface area contributed by atoms with Crippen LogP contribution in [-0.4, -0.2) is 22.8 Å². The van der Waals surface area contributed by atoms with Crippen LogP contribution in [-0.2, 0) is 9.59 Å². The molecule has 0 spiro atoms. The third-order valence-corrected chi connectivity index (χ3v) is 3.66. The van der Waals surface area contributed by atoms with Gasteiger partial charge in [-0.2, -0.15) is 0 Å². The lowest BCUT2D eigenvalue weighted by Crippen LogP contribution is -2.32. The summed E-state index contributed by atoms with van der Waals surface area (Å²) in [7, 11) is 0. The van der Waals surface area contributed by atoms with E-state index < -0.39 is 6.04 Å². The molecule has 6 nitrogen and oxygen atoms in total. The number of anilines is 3. The molecule has 0 fully saturated rings. The highest BCUT2D eigenvalue weighted by atomic mass is 35.5. The van der Waals surface area contributed by atoms with Crippen LogP contribution in [0.15, 0.2) is 42.6 Å². The van der Waals surface area contributed by atoms with E-state index in [0.29, 0.717) is 16.5 Å². The highest BCUT2D eigenvalue weighted by Crippen LogP contribution is 2.16. The Morgan fingerprint density at radius 3 is 2.12 bits per heavy atom. The molecule has 0 saturated carbocycles. The fourth-order valence-electron chi connectivity index (χ4n) is 1.94. The van der Waals surface area contributed by atoms with Crippen molar-refractivity contribution in [3.05, 3.63) is 47.6 Å². The van der Waals surface area contributed by atoms with Crippen molar-refractivity contribution in [1.82, 2.24) is 4.98 Å². The Morgan fingerprint density at radius 1 is 0.920 bits per heavy atom. The summed E-state index contributed by atoms with van der Waals surface area (Å²) in [5, 5.41) is 9.13. The zero-order valence-corrected chi connectivity index (χ0v) is 15.1. The predicted molar refractivity (Wildman–Crippen MR) is 101 cm³/mol. The molecule has 1 aromatic heterocycles. The Morgan fingerprint density at radius 2 is 1.56 bits per heavy atom. The average Bonchev–Trinajstić information content (AvgIpc) is 2.58. The molecule has 7 heteroatoms. The van der Waals surface area contributed by atoms with Crippen molar-refractivity contribution in [2.75, 3.05) is 16.0 Å². The number of rotatable bonds is 6. The zero-order valence-electron chi connectivity index (χ0n) is 14.3. The molecule has 0 aliphatic rings. The van der Waals surface area contributed by atoms with Crippen LogP contribution in [0, 0.1) is 5.92 Å². The van der Waals surface area contributed by atoms with Crippen LogP contribution >= 0.6 is 11.6 Å². The molecule has 2 rings (SSSR count). The number of carbonyl (C=O) groups is 2.